The number of amides is 2. The molecule has 3 heterocycles. The molecule has 2 aliphatic heterocycles. The molecular weight excluding hydrogens is 427 g/mol. The molecule has 0 aliphatic carbocycles. The van der Waals surface area contributed by atoms with Crippen LogP contribution in [0.3, 0.4) is 0 Å². The average molecular weight is 452 g/mol. The number of carbonyl (C=O) groups excluding carboxylic acids is 1. The maximum Gasteiger partial charge on any atom is 0.319 e. The van der Waals surface area contributed by atoms with Crippen molar-refractivity contribution in [1.29, 1.82) is 0 Å². The van der Waals surface area contributed by atoms with Gasteiger partial charge in [-0.05, 0) is 29.8 Å². The van der Waals surface area contributed by atoms with Gasteiger partial charge in [-0.2, -0.15) is 0 Å². The van der Waals surface area contributed by atoms with E-state index in [2.05, 4.69) is 20.5 Å². The van der Waals surface area contributed by atoms with Crippen molar-refractivity contribution in [2.75, 3.05) is 45.5 Å². The minimum Gasteiger partial charge on any atom is -0.454 e. The molecule has 3 aromatic rings. The maximum atomic E-state index is 13.9. The van der Waals surface area contributed by atoms with Crippen molar-refractivity contribution in [2.45, 2.75) is 12.0 Å². The van der Waals surface area contributed by atoms with Crippen molar-refractivity contribution >= 4 is 22.6 Å². The van der Waals surface area contributed by atoms with E-state index in [-0.39, 0.29) is 30.6 Å². The van der Waals surface area contributed by atoms with Crippen molar-refractivity contribution < 1.29 is 23.4 Å². The van der Waals surface area contributed by atoms with Crippen molar-refractivity contribution in [3.8, 4) is 11.5 Å². The van der Waals surface area contributed by atoms with Crippen LogP contribution in [0.25, 0.3) is 10.9 Å². The Morgan fingerprint density at radius 3 is 2.88 bits per heavy atom. The zero-order valence-corrected chi connectivity index (χ0v) is 18.2. The number of rotatable bonds is 6. The summed E-state index contributed by atoms with van der Waals surface area (Å²) in [6.07, 6.45) is 1.60. The highest BCUT2D eigenvalue weighted by Gasteiger charge is 2.34. The molecule has 2 amide bonds. The van der Waals surface area contributed by atoms with Gasteiger partial charge in [-0.15, -0.1) is 0 Å². The summed E-state index contributed by atoms with van der Waals surface area (Å²) < 4.78 is 29.9. The van der Waals surface area contributed by atoms with Gasteiger partial charge >= 0.3 is 6.03 Å². The van der Waals surface area contributed by atoms with Gasteiger partial charge in [0, 0.05) is 44.1 Å². The number of methoxy groups -OCH3 is 1. The molecule has 8 nitrogen and oxygen atoms in total. The Morgan fingerprint density at radius 2 is 2.06 bits per heavy atom. The molecule has 0 spiro atoms. The summed E-state index contributed by atoms with van der Waals surface area (Å²) >= 11 is 0. The molecule has 5 rings (SSSR count). The van der Waals surface area contributed by atoms with Gasteiger partial charge in [-0.3, -0.25) is 9.88 Å². The number of halogens is 1. The minimum atomic E-state index is -0.336. The summed E-state index contributed by atoms with van der Waals surface area (Å²) in [7, 11) is 1.66. The molecule has 1 fully saturated rings. The van der Waals surface area contributed by atoms with Crippen LogP contribution in [-0.2, 0) is 4.74 Å². The molecule has 0 unspecified atom stereocenters. The number of likely N-dealkylation sites (tertiary alicyclic amines) is 1. The second-order valence-corrected chi connectivity index (χ2v) is 8.24. The van der Waals surface area contributed by atoms with Crippen molar-refractivity contribution in [3.05, 3.63) is 60.0 Å². The lowest BCUT2D eigenvalue weighted by atomic mass is 9.94. The van der Waals surface area contributed by atoms with Gasteiger partial charge in [0.15, 0.2) is 11.5 Å². The summed E-state index contributed by atoms with van der Waals surface area (Å²) in [5.41, 5.74) is 2.18. The topological polar surface area (TPSA) is 85.0 Å². The van der Waals surface area contributed by atoms with E-state index >= 15 is 0 Å². The van der Waals surface area contributed by atoms with Gasteiger partial charge in [0.05, 0.1) is 30.0 Å². The molecule has 0 saturated carbocycles. The number of ether oxygens (including phenoxy) is 3. The Hall–Kier alpha value is -3.43. The van der Waals surface area contributed by atoms with Gasteiger partial charge in [-0.25, -0.2) is 9.18 Å². The lowest BCUT2D eigenvalue weighted by Gasteiger charge is -2.20. The number of benzene rings is 2. The third-order valence-electron chi connectivity index (χ3n) is 6.03. The fraction of sp³-hybridized carbons (Fsp3) is 0.333. The normalized spacial score (nSPS) is 19.7. The van der Waals surface area contributed by atoms with E-state index in [0.717, 1.165) is 23.0 Å². The predicted molar refractivity (Wildman–Crippen MR) is 121 cm³/mol. The number of nitrogens with one attached hydrogen (secondary N) is 2. The van der Waals surface area contributed by atoms with Crippen molar-refractivity contribution in [2.24, 2.45) is 0 Å². The van der Waals surface area contributed by atoms with Gasteiger partial charge in [0.25, 0.3) is 0 Å². The van der Waals surface area contributed by atoms with Crippen LogP contribution in [0.5, 0.6) is 11.5 Å². The molecule has 172 valence electrons. The third kappa shape index (κ3) is 4.69. The first-order valence-corrected chi connectivity index (χ1v) is 10.8. The zero-order valence-electron chi connectivity index (χ0n) is 18.2. The Morgan fingerprint density at radius 1 is 1.21 bits per heavy atom. The molecule has 1 aromatic heterocycles. The summed E-state index contributed by atoms with van der Waals surface area (Å²) in [6, 6.07) is 11.6. The highest BCUT2D eigenvalue weighted by molar-refractivity contribution is 5.93. The molecule has 2 N–H and O–H groups in total. The van der Waals surface area contributed by atoms with Crippen molar-refractivity contribution in [1.82, 2.24) is 15.2 Å². The molecule has 1 saturated heterocycles. The smallest absolute Gasteiger partial charge is 0.319 e. The second-order valence-electron chi connectivity index (χ2n) is 8.24. The van der Waals surface area contributed by atoms with Crippen LogP contribution in [0.1, 0.15) is 11.5 Å². The lowest BCUT2D eigenvalue weighted by molar-refractivity contribution is 0.159. The van der Waals surface area contributed by atoms with E-state index < -0.39 is 0 Å². The second kappa shape index (κ2) is 9.21. The van der Waals surface area contributed by atoms with Crippen molar-refractivity contribution in [3.63, 3.8) is 0 Å². The van der Waals surface area contributed by atoms with E-state index in [1.807, 2.05) is 24.3 Å². The van der Waals surface area contributed by atoms with Gasteiger partial charge < -0.3 is 24.8 Å². The highest BCUT2D eigenvalue weighted by Crippen LogP contribution is 2.36. The van der Waals surface area contributed by atoms with Gasteiger partial charge in [0.2, 0.25) is 6.79 Å². The summed E-state index contributed by atoms with van der Waals surface area (Å²) in [5.74, 6) is 1.01. The number of nitrogens with zero attached hydrogens (tertiary/aromatic N) is 2. The third-order valence-corrected chi connectivity index (χ3v) is 6.03. The molecule has 2 atom stereocenters. The zero-order chi connectivity index (χ0) is 22.8. The van der Waals surface area contributed by atoms with E-state index in [9.17, 15) is 9.18 Å². The fourth-order valence-corrected chi connectivity index (χ4v) is 4.43. The van der Waals surface area contributed by atoms with Crippen LogP contribution in [0.15, 0.2) is 48.7 Å². The molecule has 0 radical (unpaired) electrons. The largest absolute Gasteiger partial charge is 0.454 e. The van der Waals surface area contributed by atoms with Gasteiger partial charge in [0.1, 0.15) is 5.82 Å². The number of pyridine rings is 1. The van der Waals surface area contributed by atoms with Crippen LogP contribution >= 0.6 is 0 Å². The van der Waals surface area contributed by atoms with E-state index in [0.29, 0.717) is 36.9 Å². The monoisotopic (exact) mass is 452 g/mol. The van der Waals surface area contributed by atoms with E-state index in [1.165, 1.54) is 12.1 Å². The maximum absolute atomic E-state index is 13.9. The standard InChI is InChI=1S/C24H25FN4O4/c1-31-6-5-29-12-19(15-3-2-4-17(25)7-15)21(13-29)28-24(30)27-18-8-16-9-22-23(33-14-32-22)10-20(16)26-11-18/h2-4,7-11,19,21H,5-6,12-14H2,1H3,(H2,27,28,30)/t19-,21+/m0/s1. The molecule has 2 aromatic carbocycles. The van der Waals surface area contributed by atoms with E-state index in [4.69, 9.17) is 14.2 Å². The number of hydrogen-bond acceptors (Lipinski definition) is 6. The minimum absolute atomic E-state index is 0.0298. The first-order chi connectivity index (χ1) is 16.1. The Labute approximate surface area is 190 Å². The predicted octanol–water partition coefficient (Wildman–Crippen LogP) is 3.34. The Kier molecular flexibility index (Phi) is 5.97. The van der Waals surface area contributed by atoms with Crippen LogP contribution in [0, 0.1) is 5.82 Å². The SMILES string of the molecule is COCCN1C[C@@H](NC(=O)Nc2cnc3cc4c(cc3c2)OCO4)[C@H](c2cccc(F)c2)C1. The first-order valence-electron chi connectivity index (χ1n) is 10.8. The molecule has 2 aliphatic rings. The molecule has 9 heteroatoms. The Balaban J connectivity index is 1.30. The number of anilines is 1. The molecular formula is C24H25FN4O4. The quantitative estimate of drug-likeness (QED) is 0.597. The number of hydrogen-bond donors (Lipinski definition) is 2. The lowest BCUT2D eigenvalue weighted by Crippen LogP contribution is -2.42. The molecule has 33 heavy (non-hydrogen) atoms. The summed E-state index contributed by atoms with van der Waals surface area (Å²) in [4.78, 5) is 19.5. The van der Waals surface area contributed by atoms with Crippen LogP contribution in [-0.4, -0.2) is 62.1 Å². The summed E-state index contributed by atoms with van der Waals surface area (Å²) in [6.45, 7) is 2.89. The fourth-order valence-electron chi connectivity index (χ4n) is 4.43. The molecule has 0 bridgehead atoms. The van der Waals surface area contributed by atoms with Crippen LogP contribution in [0.2, 0.25) is 0 Å². The summed E-state index contributed by atoms with van der Waals surface area (Å²) in [5, 5.41) is 6.77. The first kappa shape index (κ1) is 21.4. The average Bonchev–Trinajstić information content (AvgIpc) is 3.42. The van der Waals surface area contributed by atoms with Gasteiger partial charge in [-0.1, -0.05) is 12.1 Å². The highest BCUT2D eigenvalue weighted by atomic mass is 19.1. The number of urea groups is 1. The van der Waals surface area contributed by atoms with Crippen LogP contribution < -0.4 is 20.1 Å². The number of carbonyl (C=O) groups is 1. The van der Waals surface area contributed by atoms with E-state index in [1.54, 1.807) is 19.4 Å². The number of fused-ring (bicyclic) bond motifs is 2. The Bertz CT molecular complexity index is 1170. The van der Waals surface area contributed by atoms with Crippen LogP contribution in [0.4, 0.5) is 14.9 Å². The number of aromatic nitrogens is 1.